The van der Waals surface area contributed by atoms with Crippen molar-refractivity contribution in [3.8, 4) is 5.75 Å². The molecule has 0 aromatic heterocycles. The van der Waals surface area contributed by atoms with Crippen LogP contribution in [0.4, 0.5) is 0 Å². The summed E-state index contributed by atoms with van der Waals surface area (Å²) >= 11 is 0. The van der Waals surface area contributed by atoms with Crippen molar-refractivity contribution in [3.05, 3.63) is 29.8 Å². The van der Waals surface area contributed by atoms with Gasteiger partial charge in [-0.15, -0.1) is 0 Å². The van der Waals surface area contributed by atoms with E-state index in [1.165, 1.54) is 5.56 Å². The number of rotatable bonds is 3. The first-order valence-corrected chi connectivity index (χ1v) is 5.83. The number of hydrogen-bond acceptors (Lipinski definition) is 2. The van der Waals surface area contributed by atoms with Crippen LogP contribution in [-0.4, -0.2) is 18.6 Å². The number of nitrogens with one attached hydrogen (secondary N) is 1. The predicted molar refractivity (Wildman–Crippen MR) is 62.5 cm³/mol. The molecule has 0 spiro atoms. The summed E-state index contributed by atoms with van der Waals surface area (Å²) in [7, 11) is 0. The third-order valence-electron chi connectivity index (χ3n) is 2.76. The number of carbonyl (C=O) groups excluding carboxylic acids is 1. The van der Waals surface area contributed by atoms with Gasteiger partial charge in [0, 0.05) is 6.54 Å². The zero-order valence-electron chi connectivity index (χ0n) is 9.53. The van der Waals surface area contributed by atoms with Crippen LogP contribution < -0.4 is 10.1 Å². The second-order valence-corrected chi connectivity index (χ2v) is 4.04. The third-order valence-corrected chi connectivity index (χ3v) is 2.76. The molecule has 1 atom stereocenters. The van der Waals surface area contributed by atoms with Gasteiger partial charge < -0.3 is 10.1 Å². The minimum atomic E-state index is -0.318. The van der Waals surface area contributed by atoms with Crippen molar-refractivity contribution in [3.63, 3.8) is 0 Å². The number of para-hydroxylation sites is 1. The lowest BCUT2D eigenvalue weighted by Crippen LogP contribution is -2.40. The second kappa shape index (κ2) is 5.01. The van der Waals surface area contributed by atoms with Gasteiger partial charge >= 0.3 is 0 Å². The molecule has 3 heteroatoms. The molecule has 1 amide bonds. The zero-order valence-corrected chi connectivity index (χ0v) is 9.53. The summed E-state index contributed by atoms with van der Waals surface area (Å²) in [6.45, 7) is 2.76. The first kappa shape index (κ1) is 11.0. The molecule has 1 heterocycles. The third kappa shape index (κ3) is 2.35. The molecule has 0 aliphatic carbocycles. The van der Waals surface area contributed by atoms with Gasteiger partial charge in [0.1, 0.15) is 5.75 Å². The van der Waals surface area contributed by atoms with Crippen LogP contribution in [0, 0.1) is 0 Å². The largest absolute Gasteiger partial charge is 0.480 e. The summed E-state index contributed by atoms with van der Waals surface area (Å²) in [5, 5.41) is 2.87. The molecule has 86 valence electrons. The Kier molecular flexibility index (Phi) is 3.44. The minimum absolute atomic E-state index is 0.0105. The van der Waals surface area contributed by atoms with Gasteiger partial charge in [0.15, 0.2) is 6.10 Å². The molecule has 1 aromatic rings. The van der Waals surface area contributed by atoms with E-state index in [2.05, 4.69) is 11.4 Å². The number of benzene rings is 1. The highest BCUT2D eigenvalue weighted by Crippen LogP contribution is 2.26. The monoisotopic (exact) mass is 219 g/mol. The molecule has 1 unspecified atom stereocenters. The first-order chi connectivity index (χ1) is 7.81. The van der Waals surface area contributed by atoms with Gasteiger partial charge in [-0.25, -0.2) is 0 Å². The molecule has 0 fully saturated rings. The number of hydrogen-bond donors (Lipinski definition) is 1. The molecule has 0 bridgehead atoms. The molecule has 1 N–H and O–H groups in total. The maximum absolute atomic E-state index is 11.7. The topological polar surface area (TPSA) is 38.3 Å². The van der Waals surface area contributed by atoms with Gasteiger partial charge in [0.05, 0.1) is 0 Å². The van der Waals surface area contributed by atoms with Crippen molar-refractivity contribution in [2.75, 3.05) is 6.54 Å². The Bertz CT molecular complexity index is 376. The summed E-state index contributed by atoms with van der Waals surface area (Å²) in [5.41, 5.74) is 1.20. The Morgan fingerprint density at radius 1 is 1.50 bits per heavy atom. The van der Waals surface area contributed by atoms with Gasteiger partial charge in [-0.3, -0.25) is 4.79 Å². The molecule has 3 nitrogen and oxygen atoms in total. The smallest absolute Gasteiger partial charge is 0.261 e. The van der Waals surface area contributed by atoms with Crippen molar-refractivity contribution in [1.29, 1.82) is 0 Å². The standard InChI is InChI=1S/C13H17NO2/c1-2-9-14-13(15)12-8-7-10-5-3-4-6-11(10)16-12/h3-6,12H,2,7-9H2,1H3,(H,14,15). The molecule has 16 heavy (non-hydrogen) atoms. The molecular formula is C13H17NO2. The SMILES string of the molecule is CCCNC(=O)C1CCc2ccccc2O1. The number of fused-ring (bicyclic) bond motifs is 1. The Morgan fingerprint density at radius 2 is 2.31 bits per heavy atom. The summed E-state index contributed by atoms with van der Waals surface area (Å²) in [6.07, 6.45) is 2.32. The number of carbonyl (C=O) groups is 1. The van der Waals surface area contributed by atoms with Gasteiger partial charge in [-0.05, 0) is 30.9 Å². The maximum atomic E-state index is 11.7. The molecule has 0 saturated carbocycles. The molecule has 1 aromatic carbocycles. The summed E-state index contributed by atoms with van der Waals surface area (Å²) < 4.78 is 5.68. The molecule has 0 radical (unpaired) electrons. The van der Waals surface area contributed by atoms with Gasteiger partial charge in [-0.1, -0.05) is 25.1 Å². The normalized spacial score (nSPS) is 18.4. The van der Waals surface area contributed by atoms with Crippen LogP contribution >= 0.6 is 0 Å². The van der Waals surface area contributed by atoms with Gasteiger partial charge in [0.25, 0.3) is 5.91 Å². The van der Waals surface area contributed by atoms with E-state index in [4.69, 9.17) is 4.74 Å². The van der Waals surface area contributed by atoms with Crippen LogP contribution in [-0.2, 0) is 11.2 Å². The minimum Gasteiger partial charge on any atom is -0.480 e. The van der Waals surface area contributed by atoms with Crippen LogP contribution in [0.15, 0.2) is 24.3 Å². The first-order valence-electron chi connectivity index (χ1n) is 5.83. The number of aryl methyl sites for hydroxylation is 1. The van der Waals surface area contributed by atoms with E-state index in [1.54, 1.807) is 0 Å². The highest BCUT2D eigenvalue weighted by Gasteiger charge is 2.25. The second-order valence-electron chi connectivity index (χ2n) is 4.04. The lowest BCUT2D eigenvalue weighted by atomic mass is 10.0. The van der Waals surface area contributed by atoms with Crippen LogP contribution in [0.2, 0.25) is 0 Å². The quantitative estimate of drug-likeness (QED) is 0.843. The van der Waals surface area contributed by atoms with Crippen molar-refractivity contribution in [2.45, 2.75) is 32.3 Å². The van der Waals surface area contributed by atoms with Crippen LogP contribution in [0.25, 0.3) is 0 Å². The Morgan fingerprint density at radius 3 is 3.12 bits per heavy atom. The van der Waals surface area contributed by atoms with E-state index >= 15 is 0 Å². The number of amides is 1. The van der Waals surface area contributed by atoms with E-state index in [1.807, 2.05) is 25.1 Å². The average Bonchev–Trinajstić information content (AvgIpc) is 2.35. The summed E-state index contributed by atoms with van der Waals surface area (Å²) in [5.74, 6) is 0.863. The Labute approximate surface area is 95.8 Å². The van der Waals surface area contributed by atoms with Crippen molar-refractivity contribution in [2.24, 2.45) is 0 Å². The van der Waals surface area contributed by atoms with E-state index < -0.39 is 0 Å². The lowest BCUT2D eigenvalue weighted by Gasteiger charge is -2.25. The Balaban J connectivity index is 1.99. The molecule has 1 aliphatic rings. The predicted octanol–water partition coefficient (Wildman–Crippen LogP) is 1.91. The van der Waals surface area contributed by atoms with Crippen LogP contribution in [0.5, 0.6) is 5.75 Å². The van der Waals surface area contributed by atoms with Crippen LogP contribution in [0.1, 0.15) is 25.3 Å². The molecule has 1 aliphatic heterocycles. The van der Waals surface area contributed by atoms with Crippen LogP contribution in [0.3, 0.4) is 0 Å². The van der Waals surface area contributed by atoms with Gasteiger partial charge in [-0.2, -0.15) is 0 Å². The van der Waals surface area contributed by atoms with E-state index in [-0.39, 0.29) is 12.0 Å². The Hall–Kier alpha value is -1.51. The van der Waals surface area contributed by atoms with Crippen molar-refractivity contribution < 1.29 is 9.53 Å². The molecule has 0 saturated heterocycles. The summed E-state index contributed by atoms with van der Waals surface area (Å²) in [4.78, 5) is 11.7. The van der Waals surface area contributed by atoms with Gasteiger partial charge in [0.2, 0.25) is 0 Å². The maximum Gasteiger partial charge on any atom is 0.261 e. The van der Waals surface area contributed by atoms with Crippen molar-refractivity contribution >= 4 is 5.91 Å². The fraction of sp³-hybridized carbons (Fsp3) is 0.462. The van der Waals surface area contributed by atoms with Crippen molar-refractivity contribution in [1.82, 2.24) is 5.32 Å². The van der Waals surface area contributed by atoms with E-state index in [9.17, 15) is 4.79 Å². The number of ether oxygens (including phenoxy) is 1. The lowest BCUT2D eigenvalue weighted by molar-refractivity contribution is -0.128. The van der Waals surface area contributed by atoms with E-state index in [0.717, 1.165) is 31.6 Å². The highest BCUT2D eigenvalue weighted by molar-refractivity contribution is 5.81. The summed E-state index contributed by atoms with van der Waals surface area (Å²) in [6, 6.07) is 7.91. The molecular weight excluding hydrogens is 202 g/mol. The average molecular weight is 219 g/mol. The zero-order chi connectivity index (χ0) is 11.4. The van der Waals surface area contributed by atoms with E-state index in [0.29, 0.717) is 0 Å². The fourth-order valence-corrected chi connectivity index (χ4v) is 1.87. The highest BCUT2D eigenvalue weighted by atomic mass is 16.5. The molecule has 2 rings (SSSR count). The fourth-order valence-electron chi connectivity index (χ4n) is 1.87.